The maximum atomic E-state index is 13.9. The predicted octanol–water partition coefficient (Wildman–Crippen LogP) is 1.90. The topological polar surface area (TPSA) is 116 Å². The number of carbonyl (C=O) groups is 2. The van der Waals surface area contributed by atoms with Crippen molar-refractivity contribution in [1.82, 2.24) is 4.72 Å². The minimum absolute atomic E-state index is 0.350. The van der Waals surface area contributed by atoms with Gasteiger partial charge in [-0.05, 0) is 18.1 Å². The fourth-order valence-electron chi connectivity index (χ4n) is 2.46. The molecule has 9 heteroatoms. The average Bonchev–Trinajstić information content (AvgIpc) is 2.64. The van der Waals surface area contributed by atoms with Crippen LogP contribution in [0.3, 0.4) is 0 Å². The van der Waals surface area contributed by atoms with Crippen LogP contribution in [0.4, 0.5) is 4.39 Å². The van der Waals surface area contributed by atoms with E-state index in [1.807, 2.05) is 0 Å². The van der Waals surface area contributed by atoms with E-state index in [0.29, 0.717) is 5.56 Å². The summed E-state index contributed by atoms with van der Waals surface area (Å²) in [6, 6.07) is 11.5. The number of halogens is 1. The quantitative estimate of drug-likeness (QED) is 0.647. The van der Waals surface area contributed by atoms with Crippen molar-refractivity contribution < 1.29 is 27.1 Å². The smallest absolute Gasteiger partial charge is 0.325 e. The molecule has 0 saturated carbocycles. The molecule has 0 saturated heterocycles. The van der Waals surface area contributed by atoms with Gasteiger partial charge in [0.25, 0.3) is 5.91 Å². The van der Waals surface area contributed by atoms with Crippen LogP contribution in [0.25, 0.3) is 0 Å². The second-order valence-electron chi connectivity index (χ2n) is 6.40. The van der Waals surface area contributed by atoms with Crippen LogP contribution >= 0.6 is 0 Å². The van der Waals surface area contributed by atoms with Crippen LogP contribution in [0, 0.1) is 11.7 Å². The number of hydrogen-bond donors (Lipinski definition) is 2. The Morgan fingerprint density at radius 2 is 1.61 bits per heavy atom. The molecule has 7 nitrogen and oxygen atoms in total. The van der Waals surface area contributed by atoms with Crippen LogP contribution in [-0.2, 0) is 24.3 Å². The first kappa shape index (κ1) is 21.5. The van der Waals surface area contributed by atoms with Gasteiger partial charge in [-0.15, -0.1) is 0 Å². The fraction of sp³-hybridized carbons (Fsp3) is 0.263. The molecule has 0 bridgehead atoms. The summed E-state index contributed by atoms with van der Waals surface area (Å²) >= 11 is 0. The van der Waals surface area contributed by atoms with E-state index >= 15 is 0 Å². The van der Waals surface area contributed by atoms with E-state index in [4.69, 9.17) is 10.5 Å². The zero-order valence-electron chi connectivity index (χ0n) is 15.3. The monoisotopic (exact) mass is 408 g/mol. The van der Waals surface area contributed by atoms with Crippen molar-refractivity contribution in [2.45, 2.75) is 30.9 Å². The molecule has 0 aliphatic carbocycles. The third-order valence-electron chi connectivity index (χ3n) is 3.92. The molecule has 2 aromatic rings. The Morgan fingerprint density at radius 1 is 1.04 bits per heavy atom. The number of nitrogens with one attached hydrogen (secondary N) is 1. The molecule has 0 heterocycles. The minimum Gasteiger partial charge on any atom is -0.446 e. The highest BCUT2D eigenvalue weighted by molar-refractivity contribution is 7.89. The normalized spacial score (nSPS) is 13.7. The number of nitrogens with two attached hydrogens (primary N) is 1. The van der Waals surface area contributed by atoms with Gasteiger partial charge in [-0.3, -0.25) is 9.59 Å². The Morgan fingerprint density at radius 3 is 2.14 bits per heavy atom. The number of carbonyl (C=O) groups excluding carboxylic acids is 2. The molecule has 2 aromatic carbocycles. The summed E-state index contributed by atoms with van der Waals surface area (Å²) in [4.78, 5) is 23.8. The molecule has 0 fully saturated rings. The lowest BCUT2D eigenvalue weighted by Crippen LogP contribution is -2.46. The van der Waals surface area contributed by atoms with Gasteiger partial charge in [0.1, 0.15) is 16.8 Å². The molecule has 2 rings (SSSR count). The average molecular weight is 408 g/mol. The number of esters is 1. The fourth-order valence-corrected chi connectivity index (χ4v) is 3.87. The predicted molar refractivity (Wildman–Crippen MR) is 99.8 cm³/mol. The second-order valence-corrected chi connectivity index (χ2v) is 8.09. The molecular formula is C19H21FN2O5S. The summed E-state index contributed by atoms with van der Waals surface area (Å²) in [6.45, 7) is 3.16. The molecule has 1 unspecified atom stereocenters. The van der Waals surface area contributed by atoms with E-state index in [0.717, 1.165) is 12.1 Å². The van der Waals surface area contributed by atoms with Gasteiger partial charge in [-0.2, -0.15) is 4.72 Å². The van der Waals surface area contributed by atoms with E-state index in [9.17, 15) is 22.4 Å². The Hall–Kier alpha value is -2.78. The van der Waals surface area contributed by atoms with Crippen molar-refractivity contribution in [2.24, 2.45) is 11.7 Å². The van der Waals surface area contributed by atoms with Gasteiger partial charge in [0, 0.05) is 5.56 Å². The third kappa shape index (κ3) is 5.14. The number of sulfonamides is 1. The van der Waals surface area contributed by atoms with Gasteiger partial charge in [0.05, 0.1) is 0 Å². The molecule has 0 radical (unpaired) electrons. The molecule has 2 atom stereocenters. The summed E-state index contributed by atoms with van der Waals surface area (Å²) in [5, 5.41) is 0. The zero-order valence-corrected chi connectivity index (χ0v) is 16.1. The Kier molecular flexibility index (Phi) is 6.87. The third-order valence-corrected chi connectivity index (χ3v) is 5.40. The summed E-state index contributed by atoms with van der Waals surface area (Å²) in [5.74, 6) is -3.40. The number of amides is 1. The highest BCUT2D eigenvalue weighted by Crippen LogP contribution is 2.20. The lowest BCUT2D eigenvalue weighted by molar-refractivity contribution is -0.158. The van der Waals surface area contributed by atoms with Crippen LogP contribution in [0.1, 0.15) is 25.5 Å². The highest BCUT2D eigenvalue weighted by Gasteiger charge is 2.33. The van der Waals surface area contributed by atoms with Crippen LogP contribution in [0.5, 0.6) is 0 Å². The van der Waals surface area contributed by atoms with E-state index in [1.165, 1.54) is 12.1 Å². The van der Waals surface area contributed by atoms with Crippen LogP contribution in [0.15, 0.2) is 59.5 Å². The lowest BCUT2D eigenvalue weighted by Gasteiger charge is -2.23. The van der Waals surface area contributed by atoms with Crippen LogP contribution < -0.4 is 10.5 Å². The molecule has 0 spiro atoms. The Balaban J connectivity index is 2.27. The zero-order chi connectivity index (χ0) is 20.9. The van der Waals surface area contributed by atoms with Crippen LogP contribution in [-0.4, -0.2) is 26.3 Å². The van der Waals surface area contributed by atoms with Gasteiger partial charge in [0.2, 0.25) is 16.1 Å². The van der Waals surface area contributed by atoms with Crippen molar-refractivity contribution in [1.29, 1.82) is 0 Å². The first-order valence-corrected chi connectivity index (χ1v) is 9.93. The van der Waals surface area contributed by atoms with Crippen molar-refractivity contribution in [3.63, 3.8) is 0 Å². The van der Waals surface area contributed by atoms with Crippen molar-refractivity contribution in [2.75, 3.05) is 0 Å². The van der Waals surface area contributed by atoms with E-state index in [2.05, 4.69) is 4.72 Å². The summed E-state index contributed by atoms with van der Waals surface area (Å²) < 4.78 is 46.3. The molecular weight excluding hydrogens is 387 g/mol. The number of benzene rings is 2. The summed E-state index contributed by atoms with van der Waals surface area (Å²) in [6.07, 6.45) is -1.38. The van der Waals surface area contributed by atoms with Gasteiger partial charge in [0.15, 0.2) is 0 Å². The SMILES string of the molecule is CC(C)[C@H](NS(=O)(=O)c1ccccc1F)C(=O)OC(C(N)=O)c1ccccc1. The van der Waals surface area contributed by atoms with Crippen molar-refractivity contribution in [3.8, 4) is 0 Å². The molecule has 0 aliphatic heterocycles. The van der Waals surface area contributed by atoms with Gasteiger partial charge >= 0.3 is 5.97 Å². The van der Waals surface area contributed by atoms with E-state index in [-0.39, 0.29) is 0 Å². The molecule has 0 aromatic heterocycles. The summed E-state index contributed by atoms with van der Waals surface area (Å²) in [7, 11) is -4.34. The van der Waals surface area contributed by atoms with E-state index < -0.39 is 50.7 Å². The number of ether oxygens (including phenoxy) is 1. The summed E-state index contributed by atoms with van der Waals surface area (Å²) in [5.41, 5.74) is 5.68. The lowest BCUT2D eigenvalue weighted by atomic mass is 10.1. The van der Waals surface area contributed by atoms with Crippen molar-refractivity contribution >= 4 is 21.9 Å². The molecule has 1 amide bonds. The molecule has 28 heavy (non-hydrogen) atoms. The maximum absolute atomic E-state index is 13.9. The Labute approximate surface area is 162 Å². The van der Waals surface area contributed by atoms with Crippen molar-refractivity contribution in [3.05, 3.63) is 66.0 Å². The minimum atomic E-state index is -4.34. The number of rotatable bonds is 8. The highest BCUT2D eigenvalue weighted by atomic mass is 32.2. The molecule has 150 valence electrons. The number of hydrogen-bond acceptors (Lipinski definition) is 5. The van der Waals surface area contributed by atoms with Gasteiger partial charge in [-0.25, -0.2) is 12.8 Å². The molecule has 0 aliphatic rings. The largest absolute Gasteiger partial charge is 0.446 e. The van der Waals surface area contributed by atoms with Gasteiger partial charge < -0.3 is 10.5 Å². The van der Waals surface area contributed by atoms with E-state index in [1.54, 1.807) is 44.2 Å². The number of primary amides is 1. The maximum Gasteiger partial charge on any atom is 0.325 e. The first-order valence-electron chi connectivity index (χ1n) is 8.45. The standard InChI is InChI=1S/C19H21FN2O5S/c1-12(2)16(22-28(25,26)15-11-7-6-10-14(15)20)19(24)27-17(18(21)23)13-8-4-3-5-9-13/h3-12,16-17,22H,1-2H3,(H2,21,23)/t16-,17?/m0/s1. The van der Waals surface area contributed by atoms with Gasteiger partial charge in [-0.1, -0.05) is 56.3 Å². The second kappa shape index (κ2) is 8.94. The first-order chi connectivity index (χ1) is 13.1. The Bertz CT molecular complexity index is 948. The van der Waals surface area contributed by atoms with Crippen LogP contribution in [0.2, 0.25) is 0 Å². The molecule has 3 N–H and O–H groups in total.